The Balaban J connectivity index is 2.20. The van der Waals surface area contributed by atoms with Crippen LogP contribution in [0, 0.1) is 5.82 Å². The van der Waals surface area contributed by atoms with Crippen LogP contribution in [0.1, 0.15) is 0 Å². The first-order chi connectivity index (χ1) is 10.1. The summed E-state index contributed by atoms with van der Waals surface area (Å²) in [5, 5.41) is 11.7. The van der Waals surface area contributed by atoms with Gasteiger partial charge in [0.2, 0.25) is 0 Å². The van der Waals surface area contributed by atoms with Gasteiger partial charge in [0.1, 0.15) is 11.5 Å². The number of nitrogens with two attached hydrogens (primary N) is 1. The third-order valence-electron chi connectivity index (χ3n) is 2.88. The molecule has 0 fully saturated rings. The molecule has 1 aromatic heterocycles. The maximum atomic E-state index is 14.1. The molecule has 2 aromatic carbocycles. The molecule has 0 unspecified atom stereocenters. The molecule has 0 spiro atoms. The molecule has 0 atom stereocenters. The van der Waals surface area contributed by atoms with Crippen molar-refractivity contribution in [3.05, 3.63) is 51.7 Å². The van der Waals surface area contributed by atoms with Crippen molar-refractivity contribution >= 4 is 33.2 Å². The van der Waals surface area contributed by atoms with Gasteiger partial charge in [-0.3, -0.25) is 0 Å². The van der Waals surface area contributed by atoms with Crippen molar-refractivity contribution in [3.63, 3.8) is 0 Å². The van der Waals surface area contributed by atoms with Gasteiger partial charge in [0.25, 0.3) is 0 Å². The number of anilines is 1. The molecule has 3 aromatic rings. The maximum absolute atomic E-state index is 14.1. The fourth-order valence-electron chi connectivity index (χ4n) is 1.89. The summed E-state index contributed by atoms with van der Waals surface area (Å²) in [6, 6.07) is 9.72. The Hall–Kier alpha value is -1.99. The number of hydrogen-bond donors (Lipinski definition) is 1. The molecule has 0 amide bonds. The van der Waals surface area contributed by atoms with Crippen LogP contribution >= 0.6 is 27.5 Å². The van der Waals surface area contributed by atoms with Crippen molar-refractivity contribution in [2.24, 2.45) is 0 Å². The van der Waals surface area contributed by atoms with E-state index in [4.69, 9.17) is 17.3 Å². The van der Waals surface area contributed by atoms with Gasteiger partial charge in [-0.1, -0.05) is 33.6 Å². The standard InChI is InChI=1S/C13H8BrClFN5/c14-7-4-5-11(9(16)6-7)21-13(18-19-20-21)8-2-1-3-10(17)12(8)15/h1-6H,17H2. The molecule has 0 aliphatic rings. The van der Waals surface area contributed by atoms with Crippen molar-refractivity contribution in [1.82, 2.24) is 20.2 Å². The van der Waals surface area contributed by atoms with E-state index in [1.807, 2.05) is 0 Å². The molecule has 0 bridgehead atoms. The monoisotopic (exact) mass is 367 g/mol. The van der Waals surface area contributed by atoms with Crippen molar-refractivity contribution in [1.29, 1.82) is 0 Å². The minimum atomic E-state index is -0.460. The molecule has 5 nitrogen and oxygen atoms in total. The summed E-state index contributed by atoms with van der Waals surface area (Å²) in [6.07, 6.45) is 0. The zero-order valence-electron chi connectivity index (χ0n) is 10.5. The highest BCUT2D eigenvalue weighted by Crippen LogP contribution is 2.32. The van der Waals surface area contributed by atoms with E-state index in [1.165, 1.54) is 10.7 Å². The highest BCUT2D eigenvalue weighted by atomic mass is 79.9. The normalized spacial score (nSPS) is 10.8. The van der Waals surface area contributed by atoms with Crippen molar-refractivity contribution in [2.45, 2.75) is 0 Å². The summed E-state index contributed by atoms with van der Waals surface area (Å²) in [6.45, 7) is 0. The second-order valence-electron chi connectivity index (χ2n) is 4.22. The Morgan fingerprint density at radius 3 is 2.81 bits per heavy atom. The number of halogens is 3. The molecule has 0 aliphatic carbocycles. The largest absolute Gasteiger partial charge is 0.398 e. The Morgan fingerprint density at radius 2 is 2.05 bits per heavy atom. The number of tetrazole rings is 1. The number of nitrogen functional groups attached to an aromatic ring is 1. The van der Waals surface area contributed by atoms with Crippen molar-refractivity contribution in [3.8, 4) is 17.1 Å². The van der Waals surface area contributed by atoms with Gasteiger partial charge in [-0.2, -0.15) is 4.68 Å². The SMILES string of the molecule is Nc1cccc(-c2nnnn2-c2ccc(Br)cc2F)c1Cl. The Kier molecular flexibility index (Phi) is 3.60. The van der Waals surface area contributed by atoms with Crippen LogP contribution in [0.4, 0.5) is 10.1 Å². The molecule has 0 radical (unpaired) electrons. The maximum Gasteiger partial charge on any atom is 0.188 e. The van der Waals surface area contributed by atoms with E-state index in [0.717, 1.165) is 0 Å². The Bertz CT molecular complexity index is 820. The zero-order chi connectivity index (χ0) is 15.0. The molecular weight excluding hydrogens is 361 g/mol. The van der Waals surface area contributed by atoms with E-state index < -0.39 is 5.82 Å². The number of rotatable bonds is 2. The quantitative estimate of drug-likeness (QED) is 0.703. The van der Waals surface area contributed by atoms with Gasteiger partial charge in [0.05, 0.1) is 10.7 Å². The molecule has 8 heteroatoms. The molecule has 0 saturated carbocycles. The first-order valence-corrected chi connectivity index (χ1v) is 7.03. The van der Waals surface area contributed by atoms with Crippen LogP contribution in [0.2, 0.25) is 5.02 Å². The van der Waals surface area contributed by atoms with Crippen LogP contribution in [0.3, 0.4) is 0 Å². The number of nitrogens with zero attached hydrogens (tertiary/aromatic N) is 4. The predicted octanol–water partition coefficient (Wildman–Crippen LogP) is 3.47. The minimum absolute atomic E-state index is 0.219. The van der Waals surface area contributed by atoms with Crippen LogP contribution in [-0.2, 0) is 0 Å². The predicted molar refractivity (Wildman–Crippen MR) is 81.7 cm³/mol. The van der Waals surface area contributed by atoms with Crippen LogP contribution < -0.4 is 5.73 Å². The smallest absolute Gasteiger partial charge is 0.188 e. The van der Waals surface area contributed by atoms with Gasteiger partial charge in [0, 0.05) is 10.0 Å². The molecule has 21 heavy (non-hydrogen) atoms. The van der Waals surface area contributed by atoms with E-state index in [0.29, 0.717) is 26.6 Å². The molecule has 2 N–H and O–H groups in total. The fraction of sp³-hybridized carbons (Fsp3) is 0. The lowest BCUT2D eigenvalue weighted by Gasteiger charge is -2.08. The second-order valence-corrected chi connectivity index (χ2v) is 5.51. The molecule has 106 valence electrons. The summed E-state index contributed by atoms with van der Waals surface area (Å²) in [7, 11) is 0. The average molecular weight is 369 g/mol. The average Bonchev–Trinajstić information content (AvgIpc) is 2.91. The zero-order valence-corrected chi connectivity index (χ0v) is 12.8. The lowest BCUT2D eigenvalue weighted by atomic mass is 10.2. The van der Waals surface area contributed by atoms with Gasteiger partial charge < -0.3 is 5.73 Å². The molecule has 3 rings (SSSR count). The van der Waals surface area contributed by atoms with Gasteiger partial charge in [-0.05, 0) is 40.8 Å². The van der Waals surface area contributed by atoms with Crippen LogP contribution in [0.25, 0.3) is 17.1 Å². The summed E-state index contributed by atoms with van der Waals surface area (Å²) in [4.78, 5) is 0. The van der Waals surface area contributed by atoms with E-state index in [-0.39, 0.29) is 5.69 Å². The van der Waals surface area contributed by atoms with E-state index >= 15 is 0 Å². The lowest BCUT2D eigenvalue weighted by molar-refractivity contribution is 0.607. The van der Waals surface area contributed by atoms with Gasteiger partial charge in [-0.25, -0.2) is 4.39 Å². The third kappa shape index (κ3) is 2.50. The van der Waals surface area contributed by atoms with E-state index in [9.17, 15) is 4.39 Å². The highest BCUT2D eigenvalue weighted by molar-refractivity contribution is 9.10. The topological polar surface area (TPSA) is 69.6 Å². The first-order valence-electron chi connectivity index (χ1n) is 5.86. The summed E-state index contributed by atoms with van der Waals surface area (Å²) >= 11 is 9.38. The second kappa shape index (κ2) is 5.42. The Morgan fingerprint density at radius 1 is 1.24 bits per heavy atom. The van der Waals surface area contributed by atoms with Gasteiger partial charge in [0.15, 0.2) is 5.82 Å². The van der Waals surface area contributed by atoms with Crippen LogP contribution in [-0.4, -0.2) is 20.2 Å². The van der Waals surface area contributed by atoms with E-state index in [1.54, 1.807) is 30.3 Å². The van der Waals surface area contributed by atoms with E-state index in [2.05, 4.69) is 31.5 Å². The van der Waals surface area contributed by atoms with Crippen molar-refractivity contribution in [2.75, 3.05) is 5.73 Å². The van der Waals surface area contributed by atoms with Gasteiger partial charge in [-0.15, -0.1) is 5.10 Å². The summed E-state index contributed by atoms with van der Waals surface area (Å²) in [5.41, 5.74) is 6.93. The lowest BCUT2D eigenvalue weighted by Crippen LogP contribution is -2.03. The number of hydrogen-bond acceptors (Lipinski definition) is 4. The fourth-order valence-corrected chi connectivity index (χ4v) is 2.44. The van der Waals surface area contributed by atoms with Crippen LogP contribution in [0.5, 0.6) is 0 Å². The molecular formula is C13H8BrClFN5. The van der Waals surface area contributed by atoms with Crippen molar-refractivity contribution < 1.29 is 4.39 Å². The Labute approximate surface area is 132 Å². The highest BCUT2D eigenvalue weighted by Gasteiger charge is 2.17. The number of aromatic nitrogens is 4. The molecule has 0 aliphatic heterocycles. The third-order valence-corrected chi connectivity index (χ3v) is 3.79. The van der Waals surface area contributed by atoms with Gasteiger partial charge >= 0.3 is 0 Å². The number of benzene rings is 2. The summed E-state index contributed by atoms with van der Waals surface area (Å²) < 4.78 is 16.0. The molecule has 0 saturated heterocycles. The van der Waals surface area contributed by atoms with Crippen LogP contribution in [0.15, 0.2) is 40.9 Å². The first kappa shape index (κ1) is 14.0. The summed E-state index contributed by atoms with van der Waals surface area (Å²) in [5.74, 6) is -0.147. The minimum Gasteiger partial charge on any atom is -0.398 e. The molecule has 1 heterocycles.